The van der Waals surface area contributed by atoms with Gasteiger partial charge in [0.05, 0.1) is 11.0 Å². The molecule has 0 amide bonds. The summed E-state index contributed by atoms with van der Waals surface area (Å²) >= 11 is 6.09. The van der Waals surface area contributed by atoms with Gasteiger partial charge >= 0.3 is 0 Å². The third-order valence-electron chi connectivity index (χ3n) is 6.15. The van der Waals surface area contributed by atoms with Gasteiger partial charge in [0.1, 0.15) is 5.82 Å². The van der Waals surface area contributed by atoms with Gasteiger partial charge in [-0.2, -0.15) is 4.98 Å². The van der Waals surface area contributed by atoms with Crippen LogP contribution in [-0.4, -0.2) is 41.1 Å². The van der Waals surface area contributed by atoms with E-state index in [0.29, 0.717) is 5.02 Å². The lowest BCUT2D eigenvalue weighted by Gasteiger charge is -2.27. The maximum atomic E-state index is 6.09. The normalized spacial score (nSPS) is 14.0. The lowest BCUT2D eigenvalue weighted by molar-refractivity contribution is 0.569. The van der Waals surface area contributed by atoms with Crippen molar-refractivity contribution < 1.29 is 0 Å². The summed E-state index contributed by atoms with van der Waals surface area (Å²) in [4.78, 5) is 16.5. The summed E-state index contributed by atoms with van der Waals surface area (Å²) in [5.41, 5.74) is 3.01. The maximum absolute atomic E-state index is 6.09. The zero-order valence-corrected chi connectivity index (χ0v) is 19.5. The molecule has 2 N–H and O–H groups in total. The van der Waals surface area contributed by atoms with Crippen molar-refractivity contribution in [1.29, 1.82) is 0 Å². The highest BCUT2D eigenvalue weighted by Crippen LogP contribution is 2.26. The number of hydrogen-bond acceptors (Lipinski definition) is 6. The number of aromatic nitrogens is 3. The van der Waals surface area contributed by atoms with Crippen LogP contribution in [0.2, 0.25) is 5.02 Å². The van der Waals surface area contributed by atoms with Gasteiger partial charge in [0.25, 0.3) is 0 Å². The van der Waals surface area contributed by atoms with Crippen molar-refractivity contribution in [2.24, 2.45) is 0 Å². The van der Waals surface area contributed by atoms with Crippen LogP contribution in [0.5, 0.6) is 0 Å². The first kappa shape index (κ1) is 21.7. The van der Waals surface area contributed by atoms with Crippen LogP contribution < -0.4 is 15.5 Å². The fourth-order valence-corrected chi connectivity index (χ4v) is 4.56. The van der Waals surface area contributed by atoms with Crippen LogP contribution >= 0.6 is 11.6 Å². The monoisotopic (exact) mass is 460 g/mol. The minimum absolute atomic E-state index is 0.707. The van der Waals surface area contributed by atoms with E-state index in [4.69, 9.17) is 21.6 Å². The summed E-state index contributed by atoms with van der Waals surface area (Å²) in [7, 11) is 0. The van der Waals surface area contributed by atoms with Crippen molar-refractivity contribution in [2.75, 3.05) is 41.7 Å². The van der Waals surface area contributed by atoms with Crippen molar-refractivity contribution >= 4 is 50.9 Å². The first-order valence-corrected chi connectivity index (χ1v) is 12.2. The van der Waals surface area contributed by atoms with Crippen LogP contribution in [0.1, 0.15) is 32.1 Å². The van der Waals surface area contributed by atoms with Crippen molar-refractivity contribution in [3.63, 3.8) is 0 Å². The maximum Gasteiger partial charge on any atom is 0.227 e. The lowest BCUT2D eigenvalue weighted by Crippen LogP contribution is -2.31. The van der Waals surface area contributed by atoms with E-state index >= 15 is 0 Å². The number of nitrogens with zero attached hydrogens (tertiary/aromatic N) is 4. The molecular weight excluding hydrogens is 432 g/mol. The third-order valence-corrected chi connectivity index (χ3v) is 6.38. The highest BCUT2D eigenvalue weighted by atomic mass is 35.5. The van der Waals surface area contributed by atoms with Crippen LogP contribution in [0.15, 0.2) is 54.7 Å². The number of rotatable bonds is 8. The number of anilines is 3. The molecule has 1 fully saturated rings. The second-order valence-corrected chi connectivity index (χ2v) is 8.95. The molecule has 33 heavy (non-hydrogen) atoms. The third kappa shape index (κ3) is 5.11. The van der Waals surface area contributed by atoms with Gasteiger partial charge in [-0.05, 0) is 68.5 Å². The Labute approximate surface area is 199 Å². The summed E-state index contributed by atoms with van der Waals surface area (Å²) in [6, 6.07) is 16.1. The van der Waals surface area contributed by atoms with Gasteiger partial charge in [0.15, 0.2) is 0 Å². The van der Waals surface area contributed by atoms with Gasteiger partial charge < -0.3 is 15.5 Å². The summed E-state index contributed by atoms with van der Waals surface area (Å²) in [6.45, 7) is 3.85. The minimum Gasteiger partial charge on any atom is -0.384 e. The molecule has 0 spiro atoms. The predicted octanol–water partition coefficient (Wildman–Crippen LogP) is 6.13. The highest BCUT2D eigenvalue weighted by Gasteiger charge is 2.16. The van der Waals surface area contributed by atoms with Crippen LogP contribution in [0.4, 0.5) is 17.5 Å². The Morgan fingerprint density at radius 2 is 1.64 bits per heavy atom. The smallest absolute Gasteiger partial charge is 0.227 e. The molecule has 1 aliphatic rings. The van der Waals surface area contributed by atoms with E-state index in [1.54, 1.807) is 0 Å². The standard InChI is InChI=1S/C26H29ClN6/c27-19-10-11-20-22(12-15-29-24(20)18-19)28-13-4-5-14-30-25-21-8-2-3-9-23(21)31-26(32-25)33-16-6-1-7-17-33/h2-3,8-12,15,18H,1,4-7,13-14,16-17H2,(H,28,29)(H,30,31,32). The number of piperidine rings is 1. The molecule has 1 aliphatic heterocycles. The van der Waals surface area contributed by atoms with Gasteiger partial charge in [-0.3, -0.25) is 4.98 Å². The zero-order chi connectivity index (χ0) is 22.5. The molecule has 0 aliphatic carbocycles. The van der Waals surface area contributed by atoms with Gasteiger partial charge in [-0.1, -0.05) is 23.7 Å². The van der Waals surface area contributed by atoms with Crippen LogP contribution in [-0.2, 0) is 0 Å². The fourth-order valence-electron chi connectivity index (χ4n) is 4.39. The van der Waals surface area contributed by atoms with E-state index < -0.39 is 0 Å². The van der Waals surface area contributed by atoms with E-state index in [1.807, 2.05) is 42.6 Å². The topological polar surface area (TPSA) is 66.0 Å². The number of para-hydroxylation sites is 1. The predicted molar refractivity (Wildman–Crippen MR) is 139 cm³/mol. The molecule has 0 saturated carbocycles. The van der Waals surface area contributed by atoms with Gasteiger partial charge in [0.2, 0.25) is 5.95 Å². The van der Waals surface area contributed by atoms with Crippen molar-refractivity contribution in [3.05, 3.63) is 59.8 Å². The number of fused-ring (bicyclic) bond motifs is 2. The van der Waals surface area contributed by atoms with E-state index in [1.165, 1.54) is 19.3 Å². The summed E-state index contributed by atoms with van der Waals surface area (Å²) in [5.74, 6) is 1.79. The molecule has 170 valence electrons. The molecule has 5 rings (SSSR count). The minimum atomic E-state index is 0.707. The fraction of sp³-hybridized carbons (Fsp3) is 0.346. The van der Waals surface area contributed by atoms with Gasteiger partial charge in [0, 0.05) is 53.9 Å². The molecule has 3 heterocycles. The second kappa shape index (κ2) is 10.2. The molecule has 1 saturated heterocycles. The molecule has 0 unspecified atom stereocenters. The Balaban J connectivity index is 1.18. The van der Waals surface area contributed by atoms with Crippen LogP contribution in [0, 0.1) is 0 Å². The lowest BCUT2D eigenvalue weighted by atomic mass is 10.1. The van der Waals surface area contributed by atoms with E-state index in [0.717, 1.165) is 78.3 Å². The zero-order valence-electron chi connectivity index (χ0n) is 18.7. The SMILES string of the molecule is Clc1ccc2c(NCCCCNc3nc(N4CCCCC4)nc4ccccc34)ccnc2c1. The molecule has 2 aromatic carbocycles. The Kier molecular flexibility index (Phi) is 6.72. The van der Waals surface area contributed by atoms with E-state index in [2.05, 4.69) is 32.7 Å². The summed E-state index contributed by atoms with van der Waals surface area (Å²) in [6.07, 6.45) is 7.64. The molecule has 0 atom stereocenters. The quantitative estimate of drug-likeness (QED) is 0.308. The summed E-state index contributed by atoms with van der Waals surface area (Å²) < 4.78 is 0. The Hall–Kier alpha value is -3.12. The van der Waals surface area contributed by atoms with Crippen molar-refractivity contribution in [1.82, 2.24) is 15.0 Å². The first-order valence-electron chi connectivity index (χ1n) is 11.8. The highest BCUT2D eigenvalue weighted by molar-refractivity contribution is 6.31. The Morgan fingerprint density at radius 3 is 2.52 bits per heavy atom. The number of halogens is 1. The Morgan fingerprint density at radius 1 is 0.818 bits per heavy atom. The molecule has 0 bridgehead atoms. The van der Waals surface area contributed by atoms with Crippen molar-refractivity contribution in [2.45, 2.75) is 32.1 Å². The molecule has 0 radical (unpaired) electrons. The molecule has 7 heteroatoms. The Bertz CT molecular complexity index is 1240. The van der Waals surface area contributed by atoms with Crippen molar-refractivity contribution in [3.8, 4) is 0 Å². The van der Waals surface area contributed by atoms with Gasteiger partial charge in [-0.25, -0.2) is 4.98 Å². The largest absolute Gasteiger partial charge is 0.384 e. The van der Waals surface area contributed by atoms with Crippen LogP contribution in [0.25, 0.3) is 21.8 Å². The number of unbranched alkanes of at least 4 members (excludes halogenated alkanes) is 1. The molecular formula is C26H29ClN6. The number of hydrogen-bond donors (Lipinski definition) is 2. The van der Waals surface area contributed by atoms with Crippen LogP contribution in [0.3, 0.4) is 0 Å². The number of pyridine rings is 1. The molecule has 2 aromatic heterocycles. The summed E-state index contributed by atoms with van der Waals surface area (Å²) in [5, 5.41) is 10.0. The number of benzene rings is 2. The average molecular weight is 461 g/mol. The number of nitrogens with one attached hydrogen (secondary N) is 2. The van der Waals surface area contributed by atoms with E-state index in [-0.39, 0.29) is 0 Å². The first-order chi connectivity index (χ1) is 16.3. The second-order valence-electron chi connectivity index (χ2n) is 8.52. The van der Waals surface area contributed by atoms with Gasteiger partial charge in [-0.15, -0.1) is 0 Å². The molecule has 4 aromatic rings. The molecule has 6 nitrogen and oxygen atoms in total. The average Bonchev–Trinajstić information content (AvgIpc) is 2.86. The van der Waals surface area contributed by atoms with E-state index in [9.17, 15) is 0 Å².